The lowest BCUT2D eigenvalue weighted by molar-refractivity contribution is 0.503. The molecule has 0 amide bonds. The zero-order chi connectivity index (χ0) is 15.2. The third-order valence-electron chi connectivity index (χ3n) is 3.72. The minimum atomic E-state index is 0. The van der Waals surface area contributed by atoms with Gasteiger partial charge in [-0.3, -0.25) is 4.99 Å². The molecule has 0 saturated carbocycles. The number of rotatable bonds is 5. The van der Waals surface area contributed by atoms with Crippen LogP contribution in [-0.2, 0) is 5.41 Å². The van der Waals surface area contributed by atoms with Gasteiger partial charge in [-0.1, -0.05) is 50.6 Å². The molecule has 1 atom stereocenters. The van der Waals surface area contributed by atoms with Crippen LogP contribution in [-0.4, -0.2) is 25.6 Å². The van der Waals surface area contributed by atoms with E-state index in [0.717, 1.165) is 18.9 Å². The summed E-state index contributed by atoms with van der Waals surface area (Å²) in [6, 6.07) is 9.14. The molecule has 1 aromatic rings. The summed E-state index contributed by atoms with van der Waals surface area (Å²) in [5.41, 5.74) is 2.72. The molecule has 0 heterocycles. The van der Waals surface area contributed by atoms with Gasteiger partial charge in [0.25, 0.3) is 0 Å². The van der Waals surface area contributed by atoms with Gasteiger partial charge >= 0.3 is 0 Å². The number of nitrogens with one attached hydrogen (secondary N) is 2. The molecule has 0 fully saturated rings. The fourth-order valence-electron chi connectivity index (χ4n) is 2.00. The van der Waals surface area contributed by atoms with Gasteiger partial charge in [-0.05, 0) is 25.8 Å². The second-order valence-electron chi connectivity index (χ2n) is 6.13. The van der Waals surface area contributed by atoms with Crippen LogP contribution in [0.5, 0.6) is 0 Å². The lowest BCUT2D eigenvalue weighted by Gasteiger charge is -2.27. The summed E-state index contributed by atoms with van der Waals surface area (Å²) in [7, 11) is 1.82. The lowest BCUT2D eigenvalue weighted by Crippen LogP contribution is -2.46. The summed E-state index contributed by atoms with van der Waals surface area (Å²) in [4.78, 5) is 4.28. The van der Waals surface area contributed by atoms with Crippen LogP contribution in [0.1, 0.15) is 45.2 Å². The number of halogens is 1. The molecule has 4 heteroatoms. The van der Waals surface area contributed by atoms with Crippen molar-refractivity contribution in [1.29, 1.82) is 0 Å². The van der Waals surface area contributed by atoms with E-state index < -0.39 is 0 Å². The molecule has 0 spiro atoms. The summed E-state index contributed by atoms with van der Waals surface area (Å²) < 4.78 is 0. The highest BCUT2D eigenvalue weighted by molar-refractivity contribution is 14.0. The van der Waals surface area contributed by atoms with Crippen molar-refractivity contribution < 1.29 is 0 Å². The molecule has 0 bridgehead atoms. The van der Waals surface area contributed by atoms with Crippen LogP contribution < -0.4 is 10.6 Å². The predicted molar refractivity (Wildman–Crippen MR) is 104 cm³/mol. The molecule has 0 saturated heterocycles. The van der Waals surface area contributed by atoms with Gasteiger partial charge in [0.2, 0.25) is 0 Å². The molecule has 1 rings (SSSR count). The number of aryl methyl sites for hydroxylation is 1. The van der Waals surface area contributed by atoms with E-state index in [1.807, 2.05) is 7.05 Å². The highest BCUT2D eigenvalue weighted by Gasteiger charge is 2.21. The molecule has 0 aliphatic rings. The van der Waals surface area contributed by atoms with E-state index in [4.69, 9.17) is 0 Å². The molecular weight excluding hydrogens is 373 g/mol. The Labute approximate surface area is 147 Å². The van der Waals surface area contributed by atoms with Crippen LogP contribution in [0.4, 0.5) is 0 Å². The van der Waals surface area contributed by atoms with Crippen LogP contribution >= 0.6 is 24.0 Å². The first-order valence-corrected chi connectivity index (χ1v) is 7.43. The van der Waals surface area contributed by atoms with Crippen molar-refractivity contribution in [2.24, 2.45) is 4.99 Å². The molecule has 0 aromatic heterocycles. The van der Waals surface area contributed by atoms with Gasteiger partial charge in [0, 0.05) is 25.0 Å². The topological polar surface area (TPSA) is 36.4 Å². The third kappa shape index (κ3) is 6.68. The molecule has 21 heavy (non-hydrogen) atoms. The monoisotopic (exact) mass is 403 g/mol. The average Bonchev–Trinajstić information content (AvgIpc) is 2.43. The maximum atomic E-state index is 4.28. The minimum Gasteiger partial charge on any atom is -0.356 e. The quantitative estimate of drug-likeness (QED) is 0.445. The van der Waals surface area contributed by atoms with Gasteiger partial charge in [-0.25, -0.2) is 0 Å². The standard InChI is InChI=1S/C17H29N3.HI/c1-7-14(3)20-16(18-6)19-12-17(4,5)15-10-8-9-13(2)11-15;/h8-11,14H,7,12H2,1-6H3,(H2,18,19,20);1H. The Morgan fingerprint density at radius 2 is 2.00 bits per heavy atom. The van der Waals surface area contributed by atoms with Crippen LogP contribution in [0.25, 0.3) is 0 Å². The molecule has 1 aromatic carbocycles. The fourth-order valence-corrected chi connectivity index (χ4v) is 2.00. The Bertz CT molecular complexity index is 455. The number of nitrogens with zero attached hydrogens (tertiary/aromatic N) is 1. The summed E-state index contributed by atoms with van der Waals surface area (Å²) >= 11 is 0. The summed E-state index contributed by atoms with van der Waals surface area (Å²) in [6.07, 6.45) is 1.09. The third-order valence-corrected chi connectivity index (χ3v) is 3.72. The highest BCUT2D eigenvalue weighted by atomic mass is 127. The van der Waals surface area contributed by atoms with E-state index in [0.29, 0.717) is 6.04 Å². The largest absolute Gasteiger partial charge is 0.356 e. The van der Waals surface area contributed by atoms with Gasteiger partial charge in [0.1, 0.15) is 0 Å². The fraction of sp³-hybridized carbons (Fsp3) is 0.588. The van der Waals surface area contributed by atoms with E-state index in [1.54, 1.807) is 0 Å². The number of guanidine groups is 1. The molecule has 0 radical (unpaired) electrons. The van der Waals surface area contributed by atoms with Crippen molar-refractivity contribution in [2.75, 3.05) is 13.6 Å². The van der Waals surface area contributed by atoms with Crippen molar-refractivity contribution in [2.45, 2.75) is 52.5 Å². The van der Waals surface area contributed by atoms with Crippen molar-refractivity contribution in [3.05, 3.63) is 35.4 Å². The van der Waals surface area contributed by atoms with Crippen molar-refractivity contribution in [1.82, 2.24) is 10.6 Å². The number of aliphatic imine (C=N–C) groups is 1. The first-order valence-electron chi connectivity index (χ1n) is 7.43. The molecular formula is C17H30IN3. The normalized spacial score (nSPS) is 13.3. The maximum Gasteiger partial charge on any atom is 0.191 e. The summed E-state index contributed by atoms with van der Waals surface area (Å²) in [6.45, 7) is 11.8. The predicted octanol–water partition coefficient (Wildman–Crippen LogP) is 3.85. The van der Waals surface area contributed by atoms with Gasteiger partial charge in [0.15, 0.2) is 5.96 Å². The van der Waals surface area contributed by atoms with Crippen LogP contribution in [0.3, 0.4) is 0 Å². The van der Waals surface area contributed by atoms with Crippen molar-refractivity contribution in [3.8, 4) is 0 Å². The molecule has 0 aliphatic carbocycles. The first kappa shape index (κ1) is 20.2. The van der Waals surface area contributed by atoms with Crippen LogP contribution in [0.15, 0.2) is 29.3 Å². The molecule has 120 valence electrons. The smallest absolute Gasteiger partial charge is 0.191 e. The Morgan fingerprint density at radius 3 is 2.52 bits per heavy atom. The second kappa shape index (κ2) is 9.28. The SMILES string of the molecule is CCC(C)NC(=NC)NCC(C)(C)c1cccc(C)c1.I. The van der Waals surface area contributed by atoms with Crippen LogP contribution in [0, 0.1) is 6.92 Å². The van der Waals surface area contributed by atoms with Crippen molar-refractivity contribution in [3.63, 3.8) is 0 Å². The zero-order valence-corrected chi connectivity index (χ0v) is 16.5. The molecule has 2 N–H and O–H groups in total. The van der Waals surface area contributed by atoms with E-state index in [-0.39, 0.29) is 29.4 Å². The lowest BCUT2D eigenvalue weighted by atomic mass is 9.84. The summed E-state index contributed by atoms with van der Waals surface area (Å²) in [5, 5.41) is 6.82. The molecule has 3 nitrogen and oxygen atoms in total. The minimum absolute atomic E-state index is 0. The summed E-state index contributed by atoms with van der Waals surface area (Å²) in [5.74, 6) is 0.875. The van der Waals surface area contributed by atoms with Gasteiger partial charge < -0.3 is 10.6 Å². The Morgan fingerprint density at radius 1 is 1.33 bits per heavy atom. The van der Waals surface area contributed by atoms with E-state index in [9.17, 15) is 0 Å². The highest BCUT2D eigenvalue weighted by Crippen LogP contribution is 2.22. The van der Waals surface area contributed by atoms with E-state index in [2.05, 4.69) is 74.5 Å². The van der Waals surface area contributed by atoms with Gasteiger partial charge in [-0.15, -0.1) is 24.0 Å². The van der Waals surface area contributed by atoms with E-state index in [1.165, 1.54) is 11.1 Å². The second-order valence-corrected chi connectivity index (χ2v) is 6.13. The zero-order valence-electron chi connectivity index (χ0n) is 14.2. The number of benzene rings is 1. The van der Waals surface area contributed by atoms with Crippen molar-refractivity contribution >= 4 is 29.9 Å². The number of hydrogen-bond donors (Lipinski definition) is 2. The van der Waals surface area contributed by atoms with Crippen LogP contribution in [0.2, 0.25) is 0 Å². The Hall–Kier alpha value is -0.780. The number of hydrogen-bond acceptors (Lipinski definition) is 1. The Kier molecular flexibility index (Phi) is 8.94. The molecule has 0 aliphatic heterocycles. The molecule has 1 unspecified atom stereocenters. The van der Waals surface area contributed by atoms with Gasteiger partial charge in [0.05, 0.1) is 0 Å². The van der Waals surface area contributed by atoms with Gasteiger partial charge in [-0.2, -0.15) is 0 Å². The first-order chi connectivity index (χ1) is 9.39. The Balaban J connectivity index is 0.00000400. The average molecular weight is 403 g/mol. The maximum absolute atomic E-state index is 4.28. The van der Waals surface area contributed by atoms with E-state index >= 15 is 0 Å².